The molecule has 202 valence electrons. The second-order valence-electron chi connectivity index (χ2n) is 15.7. The summed E-state index contributed by atoms with van der Waals surface area (Å²) in [6, 6.07) is 1.07. The summed E-state index contributed by atoms with van der Waals surface area (Å²) in [5.41, 5.74) is 5.36. The van der Waals surface area contributed by atoms with Crippen LogP contribution in [0.5, 0.6) is 0 Å². The van der Waals surface area contributed by atoms with Crippen LogP contribution in [-0.4, -0.2) is 46.8 Å². The van der Waals surface area contributed by atoms with E-state index in [1.807, 2.05) is 0 Å². The topological polar surface area (TPSA) is 24.1 Å². The zero-order valence-corrected chi connectivity index (χ0v) is 27.3. The van der Waals surface area contributed by atoms with Crippen molar-refractivity contribution < 1.29 is 0 Å². The molecule has 2 aliphatic heterocycles. The molecule has 0 bridgehead atoms. The third kappa shape index (κ3) is 6.13. The molecule has 4 unspecified atom stereocenters. The summed E-state index contributed by atoms with van der Waals surface area (Å²) in [5, 5.41) is 8.68. The molecule has 0 radical (unpaired) electrons. The van der Waals surface area contributed by atoms with Crippen molar-refractivity contribution in [3.05, 3.63) is 22.8 Å². The molecule has 35 heavy (non-hydrogen) atoms. The van der Waals surface area contributed by atoms with E-state index >= 15 is 0 Å². The van der Waals surface area contributed by atoms with Crippen molar-refractivity contribution in [3.8, 4) is 0 Å². The molecule has 0 spiro atoms. The fraction of sp³-hybridized carbons (Fsp3) is 0.871. The number of rotatable bonds is 5. The standard InChI is InChI=1S/C31H58N2P2/c1-27(2,3)23-19-22(31(34,24-15-13-17-32-24)25-16-14-18-33-25)21(26(23)28(4,5)6)20-35(29(7,8)9)30(10,11)12/h19,21,24-25,32-33H,13-18,20,34H2,1-12H3. The highest BCUT2D eigenvalue weighted by molar-refractivity contribution is 7.60. The van der Waals surface area contributed by atoms with Crippen LogP contribution in [0.3, 0.4) is 0 Å². The highest BCUT2D eigenvalue weighted by atomic mass is 31.1. The molecule has 3 rings (SSSR count). The first-order valence-corrected chi connectivity index (χ1v) is 16.4. The molecule has 1 aliphatic carbocycles. The van der Waals surface area contributed by atoms with E-state index in [2.05, 4.69) is 109 Å². The van der Waals surface area contributed by atoms with E-state index in [0.29, 0.717) is 28.3 Å². The zero-order chi connectivity index (χ0) is 26.6. The van der Waals surface area contributed by atoms with Crippen molar-refractivity contribution in [1.82, 2.24) is 10.6 Å². The van der Waals surface area contributed by atoms with E-state index < -0.39 is 0 Å². The molecule has 2 saturated heterocycles. The van der Waals surface area contributed by atoms with Gasteiger partial charge in [-0.15, -0.1) is 9.24 Å². The summed E-state index contributed by atoms with van der Waals surface area (Å²) in [5.74, 6) is 0.524. The Kier molecular flexibility index (Phi) is 8.60. The van der Waals surface area contributed by atoms with E-state index in [9.17, 15) is 0 Å². The van der Waals surface area contributed by atoms with Crippen molar-refractivity contribution in [3.63, 3.8) is 0 Å². The Morgan fingerprint density at radius 1 is 0.771 bits per heavy atom. The zero-order valence-electron chi connectivity index (χ0n) is 25.3. The van der Waals surface area contributed by atoms with Crippen molar-refractivity contribution in [2.75, 3.05) is 19.3 Å². The van der Waals surface area contributed by atoms with Crippen molar-refractivity contribution in [2.45, 2.75) is 136 Å². The molecule has 2 nitrogen and oxygen atoms in total. The van der Waals surface area contributed by atoms with Gasteiger partial charge in [0, 0.05) is 23.2 Å². The van der Waals surface area contributed by atoms with Gasteiger partial charge in [0.2, 0.25) is 0 Å². The van der Waals surface area contributed by atoms with Gasteiger partial charge in [-0.1, -0.05) is 103 Å². The SMILES string of the molecule is CC(C)(C)C1=C(C(C)(C)C)C(CP(C(C)(C)C)C(C)(C)C)C(C(P)(C2CCCN2)C2CCCN2)=C1. The van der Waals surface area contributed by atoms with Crippen LogP contribution in [0, 0.1) is 16.7 Å². The third-order valence-corrected chi connectivity index (χ3v) is 13.8. The van der Waals surface area contributed by atoms with Gasteiger partial charge in [-0.25, -0.2) is 0 Å². The van der Waals surface area contributed by atoms with Gasteiger partial charge < -0.3 is 10.6 Å². The molecule has 4 atom stereocenters. The average Bonchev–Trinajstić information content (AvgIpc) is 3.43. The largest absolute Gasteiger partial charge is 0.313 e. The molecule has 0 saturated carbocycles. The van der Waals surface area contributed by atoms with E-state index in [1.165, 1.54) is 31.8 Å². The summed E-state index contributed by atoms with van der Waals surface area (Å²) < 4.78 is 0. The Labute approximate surface area is 222 Å². The quantitative estimate of drug-likeness (QED) is 0.358. The Morgan fingerprint density at radius 2 is 1.23 bits per heavy atom. The molecule has 0 aromatic carbocycles. The van der Waals surface area contributed by atoms with Crippen LogP contribution < -0.4 is 10.6 Å². The first-order valence-electron chi connectivity index (χ1n) is 14.3. The van der Waals surface area contributed by atoms with Crippen molar-refractivity contribution >= 4 is 17.2 Å². The van der Waals surface area contributed by atoms with E-state index in [4.69, 9.17) is 0 Å². The molecule has 2 fully saturated rings. The average molecular weight is 521 g/mol. The van der Waals surface area contributed by atoms with Crippen LogP contribution in [0.15, 0.2) is 22.8 Å². The lowest BCUT2D eigenvalue weighted by Crippen LogP contribution is -2.57. The number of allylic oxidation sites excluding steroid dienone is 3. The second kappa shape index (κ2) is 10.1. The minimum atomic E-state index is -0.206. The molecule has 2 heterocycles. The van der Waals surface area contributed by atoms with E-state index in [-0.39, 0.29) is 23.9 Å². The number of hydrogen-bond acceptors (Lipinski definition) is 2. The summed E-state index contributed by atoms with van der Waals surface area (Å²) >= 11 is 0. The monoisotopic (exact) mass is 520 g/mol. The summed E-state index contributed by atoms with van der Waals surface area (Å²) in [6.45, 7) is 32.0. The Bertz CT molecular complexity index is 784. The maximum atomic E-state index is 3.98. The number of hydrogen-bond donors (Lipinski definition) is 2. The lowest BCUT2D eigenvalue weighted by Gasteiger charge is -2.49. The number of nitrogens with one attached hydrogen (secondary N) is 2. The maximum Gasteiger partial charge on any atom is 0.0370 e. The molecule has 0 aromatic rings. The fourth-order valence-electron chi connectivity index (χ4n) is 7.41. The van der Waals surface area contributed by atoms with Gasteiger partial charge in [-0.05, 0) is 77.2 Å². The molecule has 2 N–H and O–H groups in total. The normalized spacial score (nSPS) is 28.7. The predicted molar refractivity (Wildman–Crippen MR) is 163 cm³/mol. The molecular weight excluding hydrogens is 462 g/mol. The highest BCUT2D eigenvalue weighted by Gasteiger charge is 2.53. The van der Waals surface area contributed by atoms with E-state index in [1.54, 1.807) is 16.7 Å². The lowest BCUT2D eigenvalue weighted by molar-refractivity contribution is 0.359. The van der Waals surface area contributed by atoms with Gasteiger partial charge in [0.1, 0.15) is 0 Å². The van der Waals surface area contributed by atoms with Crippen LogP contribution in [0.2, 0.25) is 0 Å². The minimum Gasteiger partial charge on any atom is -0.313 e. The highest BCUT2D eigenvalue weighted by Crippen LogP contribution is 2.65. The summed E-state index contributed by atoms with van der Waals surface area (Å²) in [7, 11) is 3.29. The first kappa shape index (κ1) is 29.8. The van der Waals surface area contributed by atoms with Crippen molar-refractivity contribution in [1.29, 1.82) is 0 Å². The van der Waals surface area contributed by atoms with Gasteiger partial charge in [0.05, 0.1) is 0 Å². The van der Waals surface area contributed by atoms with Crippen LogP contribution in [-0.2, 0) is 0 Å². The van der Waals surface area contributed by atoms with Crippen molar-refractivity contribution in [2.24, 2.45) is 16.7 Å². The first-order chi connectivity index (χ1) is 15.8. The van der Waals surface area contributed by atoms with E-state index in [0.717, 1.165) is 13.1 Å². The van der Waals surface area contributed by atoms with Crippen LogP contribution in [0.25, 0.3) is 0 Å². The van der Waals surface area contributed by atoms with Gasteiger partial charge in [-0.2, -0.15) is 0 Å². The second-order valence-corrected chi connectivity index (χ2v) is 20.5. The summed E-state index contributed by atoms with van der Waals surface area (Å²) in [4.78, 5) is 0. The Hall–Kier alpha value is 0.260. The Balaban J connectivity index is 2.24. The van der Waals surface area contributed by atoms with Crippen LogP contribution in [0.1, 0.15) is 109 Å². The molecule has 0 aromatic heterocycles. The fourth-order valence-corrected chi connectivity index (χ4v) is 12.1. The van der Waals surface area contributed by atoms with Gasteiger partial charge in [-0.3, -0.25) is 0 Å². The molecule has 3 aliphatic rings. The van der Waals surface area contributed by atoms with Crippen LogP contribution >= 0.6 is 17.2 Å². The predicted octanol–water partition coefficient (Wildman–Crippen LogP) is 8.13. The van der Waals surface area contributed by atoms with Gasteiger partial charge >= 0.3 is 0 Å². The third-order valence-electron chi connectivity index (χ3n) is 8.69. The molecular formula is C31H58N2P2. The lowest BCUT2D eigenvalue weighted by atomic mass is 9.71. The Morgan fingerprint density at radius 3 is 1.54 bits per heavy atom. The molecule has 4 heteroatoms. The van der Waals surface area contributed by atoms with Gasteiger partial charge in [0.15, 0.2) is 0 Å². The maximum absolute atomic E-state index is 3.98. The molecule has 0 amide bonds. The summed E-state index contributed by atoms with van der Waals surface area (Å²) in [6.07, 6.45) is 9.19. The van der Waals surface area contributed by atoms with Crippen LogP contribution in [0.4, 0.5) is 0 Å². The van der Waals surface area contributed by atoms with Gasteiger partial charge in [0.25, 0.3) is 0 Å². The minimum absolute atomic E-state index is 0.0674. The smallest absolute Gasteiger partial charge is 0.0370 e.